The first-order valence-corrected chi connectivity index (χ1v) is 10.3. The molecule has 1 aliphatic heterocycles. The molecule has 5 rings (SSSR count). The van der Waals surface area contributed by atoms with Gasteiger partial charge in [-0.25, -0.2) is 9.97 Å². The number of amides is 1. The first-order chi connectivity index (χ1) is 13.6. The molecule has 0 bridgehead atoms. The summed E-state index contributed by atoms with van der Waals surface area (Å²) < 4.78 is 18.7. The Kier molecular flexibility index (Phi) is 4.36. The number of halogens is 1. The van der Waals surface area contributed by atoms with Crippen LogP contribution in [-0.4, -0.2) is 29.1 Å². The molecule has 7 heteroatoms. The van der Waals surface area contributed by atoms with E-state index in [0.29, 0.717) is 10.5 Å². The summed E-state index contributed by atoms with van der Waals surface area (Å²) >= 11 is 1.43. The zero-order valence-corrected chi connectivity index (χ0v) is 16.1. The highest BCUT2D eigenvalue weighted by atomic mass is 32.1. The number of fused-ring (bicyclic) bond motifs is 1. The van der Waals surface area contributed by atoms with E-state index in [4.69, 9.17) is 4.74 Å². The van der Waals surface area contributed by atoms with Gasteiger partial charge in [-0.15, -0.1) is 0 Å². The van der Waals surface area contributed by atoms with E-state index in [-0.39, 0.29) is 11.8 Å². The van der Waals surface area contributed by atoms with Gasteiger partial charge >= 0.3 is 0 Å². The Balaban J connectivity index is 1.28. The molecule has 1 N–H and O–H groups in total. The Morgan fingerprint density at radius 1 is 1.14 bits per heavy atom. The molecule has 1 saturated carbocycles. The van der Waals surface area contributed by atoms with Crippen molar-refractivity contribution in [3.05, 3.63) is 42.6 Å². The van der Waals surface area contributed by atoms with Crippen LogP contribution in [0.3, 0.4) is 0 Å². The van der Waals surface area contributed by atoms with Crippen LogP contribution in [0.5, 0.6) is 0 Å². The van der Waals surface area contributed by atoms with Gasteiger partial charge in [0.2, 0.25) is 11.9 Å². The lowest BCUT2D eigenvalue weighted by Gasteiger charge is -2.45. The summed E-state index contributed by atoms with van der Waals surface area (Å²) in [5, 5.41) is 5.26. The van der Waals surface area contributed by atoms with E-state index in [0.717, 1.165) is 60.1 Å². The fourth-order valence-corrected chi connectivity index (χ4v) is 4.93. The van der Waals surface area contributed by atoms with Crippen LogP contribution < -0.4 is 5.32 Å². The number of carbonyl (C=O) groups excluding carboxylic acids is 1. The molecule has 3 heterocycles. The Morgan fingerprint density at radius 2 is 1.96 bits per heavy atom. The molecule has 28 heavy (non-hydrogen) atoms. The molecule has 3 aromatic rings. The molecule has 2 aliphatic rings. The van der Waals surface area contributed by atoms with Gasteiger partial charge in [-0.3, -0.25) is 4.79 Å². The average molecular weight is 397 g/mol. The number of aromatic nitrogens is 2. The largest absolute Gasteiger partial charge is 0.380 e. The van der Waals surface area contributed by atoms with Crippen LogP contribution in [0.25, 0.3) is 21.2 Å². The summed E-state index contributed by atoms with van der Waals surface area (Å²) in [6, 6.07) is 7.21. The van der Waals surface area contributed by atoms with Gasteiger partial charge in [0, 0.05) is 35.2 Å². The van der Waals surface area contributed by atoms with Crippen molar-refractivity contribution in [2.75, 3.05) is 18.5 Å². The molecule has 144 valence electrons. The average Bonchev–Trinajstić information content (AvgIpc) is 3.14. The standard InChI is InChI=1S/C21H20FN3O2S/c22-18-8-16-7-14(1-2-15(16)9-23-18)17-10-24-20(28-17)25-19(26)13-3-5-21(6-4-13)11-27-12-21/h1-2,7-10,13H,3-6,11-12H2,(H,24,25,26). The van der Waals surface area contributed by atoms with Crippen molar-refractivity contribution in [3.8, 4) is 10.4 Å². The van der Waals surface area contributed by atoms with Crippen LogP contribution in [0, 0.1) is 17.3 Å². The van der Waals surface area contributed by atoms with Gasteiger partial charge in [-0.05, 0) is 42.7 Å². The van der Waals surface area contributed by atoms with Crippen molar-refractivity contribution in [2.24, 2.45) is 11.3 Å². The second-order valence-corrected chi connectivity index (χ2v) is 8.89. The van der Waals surface area contributed by atoms with E-state index in [1.165, 1.54) is 23.6 Å². The number of rotatable bonds is 3. The number of hydrogen-bond donors (Lipinski definition) is 1. The van der Waals surface area contributed by atoms with E-state index < -0.39 is 5.95 Å². The first-order valence-electron chi connectivity index (χ1n) is 9.50. The number of thiazole rings is 1. The monoisotopic (exact) mass is 397 g/mol. The molecule has 1 amide bonds. The number of nitrogens with zero attached hydrogens (tertiary/aromatic N) is 2. The van der Waals surface area contributed by atoms with Gasteiger partial charge in [0.1, 0.15) is 0 Å². The Bertz CT molecular complexity index is 1040. The molecule has 1 saturated heterocycles. The second-order valence-electron chi connectivity index (χ2n) is 7.85. The normalized spacial score (nSPS) is 18.9. The highest BCUT2D eigenvalue weighted by Crippen LogP contribution is 2.44. The maximum atomic E-state index is 13.4. The maximum Gasteiger partial charge on any atom is 0.229 e. The molecular weight excluding hydrogens is 377 g/mol. The number of carbonyl (C=O) groups is 1. The van der Waals surface area contributed by atoms with E-state index in [1.807, 2.05) is 18.2 Å². The molecular formula is C21H20FN3O2S. The highest BCUT2D eigenvalue weighted by molar-refractivity contribution is 7.19. The number of hydrogen-bond acceptors (Lipinski definition) is 5. The third kappa shape index (κ3) is 3.29. The molecule has 1 aromatic carbocycles. The summed E-state index contributed by atoms with van der Waals surface area (Å²) in [5.41, 5.74) is 1.29. The van der Waals surface area contributed by atoms with Crippen LogP contribution in [-0.2, 0) is 9.53 Å². The maximum absolute atomic E-state index is 13.4. The summed E-state index contributed by atoms with van der Waals surface area (Å²) in [6.45, 7) is 1.70. The number of anilines is 1. The van der Waals surface area contributed by atoms with Crippen LogP contribution in [0.2, 0.25) is 0 Å². The van der Waals surface area contributed by atoms with Gasteiger partial charge < -0.3 is 10.1 Å². The smallest absolute Gasteiger partial charge is 0.229 e. The fourth-order valence-electron chi connectivity index (χ4n) is 4.11. The van der Waals surface area contributed by atoms with Crippen molar-refractivity contribution < 1.29 is 13.9 Å². The lowest BCUT2D eigenvalue weighted by atomic mass is 9.69. The van der Waals surface area contributed by atoms with Gasteiger partial charge in [0.05, 0.1) is 18.1 Å². The zero-order valence-electron chi connectivity index (χ0n) is 15.3. The number of ether oxygens (including phenoxy) is 1. The van der Waals surface area contributed by atoms with Crippen molar-refractivity contribution >= 4 is 33.1 Å². The molecule has 0 unspecified atom stereocenters. The number of nitrogens with one attached hydrogen (secondary N) is 1. The van der Waals surface area contributed by atoms with E-state index in [1.54, 1.807) is 6.20 Å². The summed E-state index contributed by atoms with van der Waals surface area (Å²) in [6.07, 6.45) is 7.24. The zero-order chi connectivity index (χ0) is 19.1. The molecule has 0 radical (unpaired) electrons. The quantitative estimate of drug-likeness (QED) is 0.654. The third-order valence-corrected chi connectivity index (χ3v) is 6.90. The van der Waals surface area contributed by atoms with Crippen molar-refractivity contribution in [3.63, 3.8) is 0 Å². The van der Waals surface area contributed by atoms with E-state index >= 15 is 0 Å². The molecule has 1 spiro atoms. The Morgan fingerprint density at radius 3 is 2.71 bits per heavy atom. The summed E-state index contributed by atoms with van der Waals surface area (Å²) in [5.74, 6) is -0.387. The molecule has 0 atom stereocenters. The minimum atomic E-state index is -0.496. The summed E-state index contributed by atoms with van der Waals surface area (Å²) in [4.78, 5) is 21.6. The highest BCUT2D eigenvalue weighted by Gasteiger charge is 2.42. The predicted molar refractivity (Wildman–Crippen MR) is 107 cm³/mol. The van der Waals surface area contributed by atoms with Gasteiger partial charge in [-0.2, -0.15) is 4.39 Å². The minimum Gasteiger partial charge on any atom is -0.380 e. The van der Waals surface area contributed by atoms with Crippen LogP contribution in [0.15, 0.2) is 36.7 Å². The molecule has 2 aromatic heterocycles. The van der Waals surface area contributed by atoms with Gasteiger partial charge in [-0.1, -0.05) is 23.5 Å². The first kappa shape index (κ1) is 17.7. The summed E-state index contributed by atoms with van der Waals surface area (Å²) in [7, 11) is 0. The predicted octanol–water partition coefficient (Wildman–Crippen LogP) is 4.64. The van der Waals surface area contributed by atoms with E-state index in [2.05, 4.69) is 15.3 Å². The van der Waals surface area contributed by atoms with Crippen LogP contribution >= 0.6 is 11.3 Å². The van der Waals surface area contributed by atoms with Gasteiger partial charge in [0.25, 0.3) is 0 Å². The van der Waals surface area contributed by atoms with Crippen LogP contribution in [0.4, 0.5) is 9.52 Å². The van der Waals surface area contributed by atoms with Crippen molar-refractivity contribution in [1.29, 1.82) is 0 Å². The lowest BCUT2D eigenvalue weighted by molar-refractivity contribution is -0.143. The minimum absolute atomic E-state index is 0.0507. The van der Waals surface area contributed by atoms with Gasteiger partial charge in [0.15, 0.2) is 5.13 Å². The SMILES string of the molecule is O=C(Nc1ncc(-c2ccc3cnc(F)cc3c2)s1)C1CCC2(CC1)COC2. The molecule has 2 fully saturated rings. The fraction of sp³-hybridized carbons (Fsp3) is 0.381. The van der Waals surface area contributed by atoms with Crippen LogP contribution in [0.1, 0.15) is 25.7 Å². The topological polar surface area (TPSA) is 64.1 Å². The van der Waals surface area contributed by atoms with Crippen molar-refractivity contribution in [2.45, 2.75) is 25.7 Å². The van der Waals surface area contributed by atoms with E-state index in [9.17, 15) is 9.18 Å². The second kappa shape index (κ2) is 6.90. The lowest BCUT2D eigenvalue weighted by Crippen LogP contribution is -2.46. The third-order valence-electron chi connectivity index (χ3n) is 5.94. The molecule has 5 nitrogen and oxygen atoms in total. The number of pyridine rings is 1. The Hall–Kier alpha value is -2.38. The Labute approximate surface area is 166 Å². The number of benzene rings is 1. The van der Waals surface area contributed by atoms with Crippen molar-refractivity contribution in [1.82, 2.24) is 9.97 Å². The molecule has 1 aliphatic carbocycles.